The molecule has 5 nitrogen and oxygen atoms in total. The van der Waals surface area contributed by atoms with Gasteiger partial charge in [0.25, 0.3) is 0 Å². The average molecular weight is 186 g/mol. The van der Waals surface area contributed by atoms with Crippen LogP contribution < -0.4 is 0 Å². The number of thiol groups is 1. The molecule has 0 aromatic carbocycles. The van der Waals surface area contributed by atoms with Crippen LogP contribution in [-0.4, -0.2) is 25.3 Å². The summed E-state index contributed by atoms with van der Waals surface area (Å²) >= 11 is 3.65. The van der Waals surface area contributed by atoms with Gasteiger partial charge in [-0.15, -0.1) is 22.8 Å². The monoisotopic (exact) mass is 186 g/mol. The second-order valence-corrected chi connectivity index (χ2v) is 2.94. The van der Waals surface area contributed by atoms with E-state index in [0.717, 1.165) is 6.42 Å². The molecule has 0 spiro atoms. The SMILES string of the molecule is Cn1nnc(CCCC(=O)S)n1. The van der Waals surface area contributed by atoms with E-state index in [-0.39, 0.29) is 5.12 Å². The van der Waals surface area contributed by atoms with Gasteiger partial charge in [0.05, 0.1) is 7.05 Å². The lowest BCUT2D eigenvalue weighted by Crippen LogP contribution is -1.95. The summed E-state index contributed by atoms with van der Waals surface area (Å²) in [5, 5.41) is 11.3. The van der Waals surface area contributed by atoms with Gasteiger partial charge in [0.2, 0.25) is 0 Å². The summed E-state index contributed by atoms with van der Waals surface area (Å²) in [6.07, 6.45) is 1.87. The minimum absolute atomic E-state index is 0.0982. The van der Waals surface area contributed by atoms with Crippen LogP contribution in [0, 0.1) is 0 Å². The number of tetrazole rings is 1. The van der Waals surface area contributed by atoms with Crippen LogP contribution in [0.25, 0.3) is 0 Å². The average Bonchev–Trinajstić information content (AvgIpc) is 2.35. The fraction of sp³-hybridized carbons (Fsp3) is 0.667. The zero-order valence-corrected chi connectivity index (χ0v) is 7.66. The Morgan fingerprint density at radius 1 is 1.67 bits per heavy atom. The number of hydrogen-bond donors (Lipinski definition) is 1. The lowest BCUT2D eigenvalue weighted by molar-refractivity contribution is -0.110. The van der Waals surface area contributed by atoms with E-state index < -0.39 is 0 Å². The molecule has 0 saturated carbocycles. The maximum Gasteiger partial charge on any atom is 0.185 e. The Kier molecular flexibility index (Phi) is 3.21. The van der Waals surface area contributed by atoms with Gasteiger partial charge in [0.1, 0.15) is 0 Å². The van der Waals surface area contributed by atoms with Gasteiger partial charge >= 0.3 is 0 Å². The molecule has 0 aliphatic carbocycles. The maximum absolute atomic E-state index is 10.4. The maximum atomic E-state index is 10.4. The highest BCUT2D eigenvalue weighted by atomic mass is 32.1. The van der Waals surface area contributed by atoms with Crippen molar-refractivity contribution in [2.24, 2.45) is 7.05 Å². The van der Waals surface area contributed by atoms with E-state index in [0.29, 0.717) is 18.7 Å². The van der Waals surface area contributed by atoms with Gasteiger partial charge in [-0.2, -0.15) is 4.80 Å². The number of aryl methyl sites for hydroxylation is 2. The molecule has 1 heterocycles. The fourth-order valence-corrected chi connectivity index (χ4v) is 0.979. The van der Waals surface area contributed by atoms with Crippen LogP contribution in [-0.2, 0) is 18.3 Å². The van der Waals surface area contributed by atoms with Gasteiger partial charge in [0, 0.05) is 12.8 Å². The lowest BCUT2D eigenvalue weighted by Gasteiger charge is -1.90. The van der Waals surface area contributed by atoms with E-state index in [1.54, 1.807) is 7.05 Å². The van der Waals surface area contributed by atoms with Crippen LogP contribution >= 0.6 is 12.6 Å². The molecular weight excluding hydrogens is 176 g/mol. The topological polar surface area (TPSA) is 60.7 Å². The van der Waals surface area contributed by atoms with Gasteiger partial charge in [-0.3, -0.25) is 4.79 Å². The number of carbonyl (C=O) groups is 1. The smallest absolute Gasteiger partial charge is 0.185 e. The molecular formula is C6H10N4OS. The Hall–Kier alpha value is -0.910. The molecule has 0 N–H and O–H groups in total. The van der Waals surface area contributed by atoms with Crippen molar-refractivity contribution in [1.29, 1.82) is 0 Å². The Morgan fingerprint density at radius 3 is 2.92 bits per heavy atom. The third kappa shape index (κ3) is 3.00. The van der Waals surface area contributed by atoms with Crippen molar-refractivity contribution >= 4 is 17.7 Å². The number of carbonyl (C=O) groups excluding carboxylic acids is 1. The van der Waals surface area contributed by atoms with Crippen molar-refractivity contribution in [3.8, 4) is 0 Å². The number of nitrogens with zero attached hydrogens (tertiary/aromatic N) is 4. The summed E-state index contributed by atoms with van der Waals surface area (Å²) in [5.74, 6) is 0.673. The number of aromatic nitrogens is 4. The normalized spacial score (nSPS) is 10.2. The molecule has 0 aliphatic heterocycles. The van der Waals surface area contributed by atoms with Gasteiger partial charge < -0.3 is 0 Å². The Balaban J connectivity index is 2.29. The van der Waals surface area contributed by atoms with E-state index in [9.17, 15) is 4.79 Å². The van der Waals surface area contributed by atoms with Gasteiger partial charge in [-0.25, -0.2) is 0 Å². The molecule has 0 radical (unpaired) electrons. The highest BCUT2D eigenvalue weighted by Gasteiger charge is 2.01. The molecule has 0 saturated heterocycles. The van der Waals surface area contributed by atoms with E-state index in [2.05, 4.69) is 28.0 Å². The van der Waals surface area contributed by atoms with Gasteiger partial charge in [0.15, 0.2) is 10.9 Å². The largest absolute Gasteiger partial charge is 0.288 e. The molecule has 1 aromatic heterocycles. The van der Waals surface area contributed by atoms with Crippen molar-refractivity contribution in [1.82, 2.24) is 20.2 Å². The summed E-state index contributed by atoms with van der Waals surface area (Å²) in [6.45, 7) is 0. The third-order valence-corrected chi connectivity index (χ3v) is 1.56. The first-order valence-corrected chi connectivity index (χ1v) is 4.08. The third-order valence-electron chi connectivity index (χ3n) is 1.34. The zero-order chi connectivity index (χ0) is 8.97. The minimum Gasteiger partial charge on any atom is -0.288 e. The second-order valence-electron chi connectivity index (χ2n) is 2.44. The van der Waals surface area contributed by atoms with Crippen molar-refractivity contribution in [3.05, 3.63) is 5.82 Å². The molecule has 12 heavy (non-hydrogen) atoms. The van der Waals surface area contributed by atoms with Crippen LogP contribution in [0.5, 0.6) is 0 Å². The molecule has 1 aromatic rings. The summed E-state index contributed by atoms with van der Waals surface area (Å²) in [4.78, 5) is 11.8. The molecule has 1 rings (SSSR count). The summed E-state index contributed by atoms with van der Waals surface area (Å²) in [7, 11) is 1.71. The predicted octanol–water partition coefficient (Wildman–Crippen LogP) is -0.0108. The molecule has 6 heteroatoms. The van der Waals surface area contributed by atoms with Crippen LogP contribution in [0.4, 0.5) is 0 Å². The summed E-state index contributed by atoms with van der Waals surface area (Å²) < 4.78 is 0. The number of hydrogen-bond acceptors (Lipinski definition) is 4. The van der Waals surface area contributed by atoms with Gasteiger partial charge in [-0.05, 0) is 11.6 Å². The van der Waals surface area contributed by atoms with Crippen LogP contribution in [0.15, 0.2) is 0 Å². The van der Waals surface area contributed by atoms with Gasteiger partial charge in [-0.1, -0.05) is 0 Å². The lowest BCUT2D eigenvalue weighted by atomic mass is 10.2. The van der Waals surface area contributed by atoms with Crippen LogP contribution in [0.2, 0.25) is 0 Å². The predicted molar refractivity (Wildman–Crippen MR) is 45.7 cm³/mol. The molecule has 0 amide bonds. The molecule has 0 fully saturated rings. The Labute approximate surface area is 75.6 Å². The molecule has 0 atom stereocenters. The highest BCUT2D eigenvalue weighted by molar-refractivity contribution is 7.96. The standard InChI is InChI=1S/C6H10N4OS/c1-10-8-5(7-9-10)3-2-4-6(11)12/h2-4H2,1H3,(H,11,12). The minimum atomic E-state index is -0.0982. The van der Waals surface area contributed by atoms with Crippen molar-refractivity contribution < 1.29 is 4.79 Å². The molecule has 0 aliphatic rings. The van der Waals surface area contributed by atoms with Crippen molar-refractivity contribution in [2.75, 3.05) is 0 Å². The first kappa shape index (κ1) is 9.18. The van der Waals surface area contributed by atoms with Crippen LogP contribution in [0.3, 0.4) is 0 Å². The first-order valence-electron chi connectivity index (χ1n) is 3.63. The molecule has 0 bridgehead atoms. The second kappa shape index (κ2) is 4.20. The van der Waals surface area contributed by atoms with E-state index in [1.165, 1.54) is 4.80 Å². The Bertz CT molecular complexity index is 272. The highest BCUT2D eigenvalue weighted by Crippen LogP contribution is 1.99. The van der Waals surface area contributed by atoms with E-state index in [4.69, 9.17) is 0 Å². The molecule has 0 unspecified atom stereocenters. The van der Waals surface area contributed by atoms with Crippen molar-refractivity contribution in [2.45, 2.75) is 19.3 Å². The molecule has 66 valence electrons. The van der Waals surface area contributed by atoms with Crippen LogP contribution in [0.1, 0.15) is 18.7 Å². The van der Waals surface area contributed by atoms with E-state index in [1.807, 2.05) is 0 Å². The number of rotatable bonds is 4. The summed E-state index contributed by atoms with van der Waals surface area (Å²) in [5.41, 5.74) is 0. The quantitative estimate of drug-likeness (QED) is 0.672. The zero-order valence-electron chi connectivity index (χ0n) is 6.77. The first-order chi connectivity index (χ1) is 5.68. The van der Waals surface area contributed by atoms with E-state index >= 15 is 0 Å². The fourth-order valence-electron chi connectivity index (χ4n) is 0.821. The summed E-state index contributed by atoms with van der Waals surface area (Å²) in [6, 6.07) is 0. The Morgan fingerprint density at radius 2 is 2.42 bits per heavy atom. The van der Waals surface area contributed by atoms with Crippen molar-refractivity contribution in [3.63, 3.8) is 0 Å².